The third-order valence-corrected chi connectivity index (χ3v) is 6.29. The second-order valence-corrected chi connectivity index (χ2v) is 8.31. The van der Waals surface area contributed by atoms with Gasteiger partial charge in [0.1, 0.15) is 23.2 Å². The summed E-state index contributed by atoms with van der Waals surface area (Å²) in [7, 11) is 0. The summed E-state index contributed by atoms with van der Waals surface area (Å²) in [6.45, 7) is 1.84. The summed E-state index contributed by atoms with van der Waals surface area (Å²) in [6.07, 6.45) is 3.88. The minimum atomic E-state index is -4.67. The molecule has 1 aliphatic carbocycles. The predicted octanol–water partition coefficient (Wildman–Crippen LogP) is 5.33. The molecule has 31 heavy (non-hydrogen) atoms. The number of ether oxygens (including phenoxy) is 1. The number of halogens is 3. The number of benzene rings is 1. The molecule has 9 heteroatoms. The molecular weight excluding hydrogens is 407 g/mol. The molecule has 1 N–H and O–H groups in total. The Bertz CT molecular complexity index is 1220. The van der Waals surface area contributed by atoms with Gasteiger partial charge in [-0.15, -0.1) is 18.3 Å². The summed E-state index contributed by atoms with van der Waals surface area (Å²) in [6, 6.07) is 6.63. The van der Waals surface area contributed by atoms with Gasteiger partial charge in [0.05, 0.1) is 5.69 Å². The van der Waals surface area contributed by atoms with Gasteiger partial charge in [-0.05, 0) is 74.3 Å². The zero-order valence-electron chi connectivity index (χ0n) is 17.0. The Labute approximate surface area is 176 Å². The zero-order valence-corrected chi connectivity index (χ0v) is 17.0. The maximum Gasteiger partial charge on any atom is 0.573 e. The van der Waals surface area contributed by atoms with Gasteiger partial charge in [-0.2, -0.15) is 0 Å². The highest BCUT2D eigenvalue weighted by molar-refractivity contribution is 5.92. The van der Waals surface area contributed by atoms with Gasteiger partial charge in [0.2, 0.25) is 0 Å². The topological polar surface area (TPSA) is 68.1 Å². The fourth-order valence-corrected chi connectivity index (χ4v) is 4.74. The second-order valence-electron chi connectivity index (χ2n) is 8.31. The number of fused-ring (bicyclic) bond motifs is 3. The molecular formula is C22H22F3N5O. The third-order valence-electron chi connectivity index (χ3n) is 6.29. The summed E-state index contributed by atoms with van der Waals surface area (Å²) in [5.74, 6) is 0.681. The highest BCUT2D eigenvalue weighted by Crippen LogP contribution is 2.39. The molecule has 162 valence electrons. The van der Waals surface area contributed by atoms with Gasteiger partial charge in [-0.1, -0.05) is 11.3 Å². The van der Waals surface area contributed by atoms with Crippen LogP contribution in [0.1, 0.15) is 48.4 Å². The van der Waals surface area contributed by atoms with Crippen molar-refractivity contribution in [1.82, 2.24) is 24.8 Å². The van der Waals surface area contributed by atoms with E-state index in [1.165, 1.54) is 12.1 Å². The first-order chi connectivity index (χ1) is 14.9. The molecule has 3 heterocycles. The van der Waals surface area contributed by atoms with Crippen LogP contribution in [-0.4, -0.2) is 31.2 Å². The number of hydrogen-bond donors (Lipinski definition) is 1. The molecule has 0 radical (unpaired) electrons. The standard InChI is InChI=1S/C22H22F3N5O/c1-13-10-17(31-22(23,24)25)7-6-16(13)11-14-2-4-15(5-3-14)19-20-18-8-9-26-21(18)27-12-30(20)29-28-19/h6-10,12,14-15,26H,2-5,11H2,1H3. The van der Waals surface area contributed by atoms with Gasteiger partial charge in [-0.3, -0.25) is 0 Å². The van der Waals surface area contributed by atoms with Crippen molar-refractivity contribution in [3.63, 3.8) is 0 Å². The molecule has 0 saturated heterocycles. The van der Waals surface area contributed by atoms with Gasteiger partial charge in [0.25, 0.3) is 0 Å². The van der Waals surface area contributed by atoms with E-state index in [0.717, 1.165) is 65.5 Å². The first kappa shape index (κ1) is 19.8. The average molecular weight is 429 g/mol. The molecule has 0 aliphatic heterocycles. The first-order valence-electron chi connectivity index (χ1n) is 10.4. The van der Waals surface area contributed by atoms with E-state index >= 15 is 0 Å². The van der Waals surface area contributed by atoms with Crippen LogP contribution in [0.25, 0.3) is 16.6 Å². The van der Waals surface area contributed by atoms with Crippen LogP contribution >= 0.6 is 0 Å². The lowest BCUT2D eigenvalue weighted by molar-refractivity contribution is -0.274. The number of aromatic nitrogens is 5. The van der Waals surface area contributed by atoms with Crippen molar-refractivity contribution < 1.29 is 17.9 Å². The Kier molecular flexibility index (Phi) is 4.83. The number of rotatable bonds is 4. The number of aromatic amines is 1. The van der Waals surface area contributed by atoms with E-state index in [9.17, 15) is 13.2 Å². The normalized spacial score (nSPS) is 19.9. The van der Waals surface area contributed by atoms with Crippen molar-refractivity contribution in [2.45, 2.75) is 51.3 Å². The molecule has 0 spiro atoms. The third kappa shape index (κ3) is 3.96. The van der Waals surface area contributed by atoms with Crippen LogP contribution < -0.4 is 4.74 Å². The molecule has 1 aromatic carbocycles. The van der Waals surface area contributed by atoms with E-state index in [1.54, 1.807) is 16.9 Å². The van der Waals surface area contributed by atoms with E-state index in [0.29, 0.717) is 11.8 Å². The SMILES string of the molecule is Cc1cc(OC(F)(F)F)ccc1CC1CCC(c2nnn3cnc4[nH]ccc4c23)CC1. The number of aryl methyl sites for hydroxylation is 1. The molecule has 3 aromatic heterocycles. The number of H-pyrrole nitrogens is 1. The fourth-order valence-electron chi connectivity index (χ4n) is 4.74. The minimum Gasteiger partial charge on any atom is -0.406 e. The quantitative estimate of drug-likeness (QED) is 0.476. The van der Waals surface area contributed by atoms with Crippen LogP contribution in [0.2, 0.25) is 0 Å². The molecule has 0 bridgehead atoms. The van der Waals surface area contributed by atoms with Crippen LogP contribution in [0, 0.1) is 12.8 Å². The highest BCUT2D eigenvalue weighted by atomic mass is 19.4. The summed E-state index contributed by atoms with van der Waals surface area (Å²) in [5.41, 5.74) is 4.78. The molecule has 6 nitrogen and oxygen atoms in total. The Balaban J connectivity index is 1.27. The van der Waals surface area contributed by atoms with Crippen molar-refractivity contribution in [2.75, 3.05) is 0 Å². The van der Waals surface area contributed by atoms with E-state index in [4.69, 9.17) is 0 Å². The monoisotopic (exact) mass is 429 g/mol. The van der Waals surface area contributed by atoms with Crippen molar-refractivity contribution in [2.24, 2.45) is 5.92 Å². The smallest absolute Gasteiger partial charge is 0.406 e. The lowest BCUT2D eigenvalue weighted by Crippen LogP contribution is -2.18. The molecule has 1 saturated carbocycles. The zero-order chi connectivity index (χ0) is 21.6. The lowest BCUT2D eigenvalue weighted by Gasteiger charge is -2.28. The highest BCUT2D eigenvalue weighted by Gasteiger charge is 2.31. The van der Waals surface area contributed by atoms with Gasteiger partial charge >= 0.3 is 6.36 Å². The Morgan fingerprint density at radius 3 is 2.71 bits per heavy atom. The lowest BCUT2D eigenvalue weighted by atomic mass is 9.77. The Morgan fingerprint density at radius 2 is 1.97 bits per heavy atom. The first-order valence-corrected chi connectivity index (χ1v) is 10.4. The number of alkyl halides is 3. The van der Waals surface area contributed by atoms with Crippen LogP contribution in [0.15, 0.2) is 36.8 Å². The van der Waals surface area contributed by atoms with Gasteiger partial charge in [-0.25, -0.2) is 9.50 Å². The number of hydrogen-bond acceptors (Lipinski definition) is 4. The fraction of sp³-hybridized carbons (Fsp3) is 0.409. The number of nitrogens with zero attached hydrogens (tertiary/aromatic N) is 4. The van der Waals surface area contributed by atoms with Crippen molar-refractivity contribution in [3.8, 4) is 5.75 Å². The van der Waals surface area contributed by atoms with E-state index in [1.807, 2.05) is 19.2 Å². The van der Waals surface area contributed by atoms with Crippen LogP contribution in [-0.2, 0) is 6.42 Å². The van der Waals surface area contributed by atoms with Crippen LogP contribution in [0.3, 0.4) is 0 Å². The van der Waals surface area contributed by atoms with Crippen LogP contribution in [0.4, 0.5) is 13.2 Å². The average Bonchev–Trinajstić information content (AvgIpc) is 3.35. The minimum absolute atomic E-state index is 0.165. The van der Waals surface area contributed by atoms with Gasteiger partial charge in [0.15, 0.2) is 0 Å². The number of nitrogens with one attached hydrogen (secondary N) is 1. The maximum absolute atomic E-state index is 12.4. The molecule has 1 fully saturated rings. The Morgan fingerprint density at radius 1 is 1.16 bits per heavy atom. The molecule has 5 rings (SSSR count). The Hall–Kier alpha value is -3.10. The maximum atomic E-state index is 12.4. The molecule has 0 unspecified atom stereocenters. The largest absolute Gasteiger partial charge is 0.573 e. The van der Waals surface area contributed by atoms with Crippen molar-refractivity contribution >= 4 is 16.6 Å². The molecule has 4 aromatic rings. The summed E-state index contributed by atoms with van der Waals surface area (Å²) in [5, 5.41) is 9.75. The van der Waals surface area contributed by atoms with E-state index in [2.05, 4.69) is 25.0 Å². The predicted molar refractivity (Wildman–Crippen MR) is 109 cm³/mol. The van der Waals surface area contributed by atoms with E-state index < -0.39 is 6.36 Å². The molecule has 0 atom stereocenters. The van der Waals surface area contributed by atoms with Crippen molar-refractivity contribution in [1.29, 1.82) is 0 Å². The van der Waals surface area contributed by atoms with Crippen molar-refractivity contribution in [3.05, 3.63) is 53.6 Å². The summed E-state index contributed by atoms with van der Waals surface area (Å²) >= 11 is 0. The summed E-state index contributed by atoms with van der Waals surface area (Å²) in [4.78, 5) is 7.49. The van der Waals surface area contributed by atoms with Gasteiger partial charge in [0, 0.05) is 17.5 Å². The van der Waals surface area contributed by atoms with E-state index in [-0.39, 0.29) is 5.75 Å². The summed E-state index contributed by atoms with van der Waals surface area (Å²) < 4.78 is 43.0. The van der Waals surface area contributed by atoms with Gasteiger partial charge < -0.3 is 9.72 Å². The molecule has 0 amide bonds. The van der Waals surface area contributed by atoms with Crippen LogP contribution in [0.5, 0.6) is 5.75 Å². The molecule has 1 aliphatic rings. The second kappa shape index (κ2) is 7.55.